The van der Waals surface area contributed by atoms with E-state index >= 15 is 0 Å². The summed E-state index contributed by atoms with van der Waals surface area (Å²) >= 11 is 0. The van der Waals surface area contributed by atoms with Crippen LogP contribution in [0.4, 0.5) is 18.9 Å². The van der Waals surface area contributed by atoms with Gasteiger partial charge in [-0.1, -0.05) is 12.1 Å². The number of benzene rings is 1. The Morgan fingerprint density at radius 1 is 1.15 bits per heavy atom. The second-order valence-corrected chi connectivity index (χ2v) is 5.30. The Hall–Kier alpha value is -3.23. The van der Waals surface area contributed by atoms with Crippen molar-refractivity contribution in [1.82, 2.24) is 10.4 Å². The summed E-state index contributed by atoms with van der Waals surface area (Å²) in [6.07, 6.45) is -2.00. The number of alkyl halides is 3. The molecule has 0 unspecified atom stereocenters. The lowest BCUT2D eigenvalue weighted by Crippen LogP contribution is -2.22. The normalized spacial score (nSPS) is 11.8. The van der Waals surface area contributed by atoms with Crippen LogP contribution in [0.5, 0.6) is 0 Å². The van der Waals surface area contributed by atoms with E-state index in [9.17, 15) is 22.8 Å². The van der Waals surface area contributed by atoms with Crippen LogP contribution in [0, 0.1) is 0 Å². The first-order valence-corrected chi connectivity index (χ1v) is 7.47. The van der Waals surface area contributed by atoms with E-state index in [0.717, 1.165) is 12.1 Å². The van der Waals surface area contributed by atoms with Gasteiger partial charge >= 0.3 is 6.18 Å². The van der Waals surface area contributed by atoms with Gasteiger partial charge in [0.2, 0.25) is 5.91 Å². The molecule has 26 heavy (non-hydrogen) atoms. The number of pyridine rings is 1. The molecule has 0 aliphatic heterocycles. The molecule has 0 radical (unpaired) electrons. The fraction of sp³-hybridized carbons (Fsp3) is 0.176. The van der Waals surface area contributed by atoms with Gasteiger partial charge < -0.3 is 5.32 Å². The third-order valence-electron chi connectivity index (χ3n) is 3.19. The minimum atomic E-state index is -4.58. The maximum Gasteiger partial charge on any atom is 0.418 e. The second kappa shape index (κ2) is 8.24. The van der Waals surface area contributed by atoms with Crippen LogP contribution in [0.1, 0.15) is 29.3 Å². The van der Waals surface area contributed by atoms with Crippen LogP contribution in [0.3, 0.4) is 0 Å². The van der Waals surface area contributed by atoms with E-state index in [1.54, 1.807) is 6.07 Å². The minimum absolute atomic E-state index is 0.226. The van der Waals surface area contributed by atoms with Crippen molar-refractivity contribution in [1.29, 1.82) is 0 Å². The number of hydrogen-bond acceptors (Lipinski definition) is 4. The van der Waals surface area contributed by atoms with Gasteiger partial charge in [-0.15, -0.1) is 0 Å². The molecule has 2 amide bonds. The molecule has 0 atom stereocenters. The molecule has 1 heterocycles. The molecule has 1 aromatic carbocycles. The first-order chi connectivity index (χ1) is 12.3. The largest absolute Gasteiger partial charge is 0.418 e. The topological polar surface area (TPSA) is 83.5 Å². The van der Waals surface area contributed by atoms with Gasteiger partial charge in [-0.3, -0.25) is 14.6 Å². The molecule has 0 bridgehead atoms. The van der Waals surface area contributed by atoms with E-state index in [1.165, 1.54) is 37.5 Å². The number of amides is 2. The van der Waals surface area contributed by atoms with Gasteiger partial charge in [-0.2, -0.15) is 18.3 Å². The number of carbonyl (C=O) groups is 2. The van der Waals surface area contributed by atoms with Gasteiger partial charge in [0.25, 0.3) is 5.91 Å². The molecule has 0 spiro atoms. The van der Waals surface area contributed by atoms with Gasteiger partial charge in [-0.25, -0.2) is 5.43 Å². The van der Waals surface area contributed by atoms with Crippen molar-refractivity contribution in [2.45, 2.75) is 19.5 Å². The van der Waals surface area contributed by atoms with Crippen molar-refractivity contribution in [2.24, 2.45) is 5.10 Å². The van der Waals surface area contributed by atoms with E-state index < -0.39 is 23.6 Å². The molecule has 9 heteroatoms. The summed E-state index contributed by atoms with van der Waals surface area (Å²) in [5.74, 6) is -1.20. The highest BCUT2D eigenvalue weighted by Gasteiger charge is 2.33. The quantitative estimate of drug-likeness (QED) is 0.631. The van der Waals surface area contributed by atoms with Crippen LogP contribution in [0.2, 0.25) is 0 Å². The fourth-order valence-electron chi connectivity index (χ4n) is 2.01. The SMILES string of the molecule is C/C(CC(=O)Nc1ccccc1C(F)(F)F)=N/NC(=O)c1cccnc1. The highest BCUT2D eigenvalue weighted by atomic mass is 19.4. The molecule has 1 aromatic heterocycles. The van der Waals surface area contributed by atoms with E-state index in [2.05, 4.69) is 20.8 Å². The lowest BCUT2D eigenvalue weighted by atomic mass is 10.1. The average Bonchev–Trinajstić information content (AvgIpc) is 2.60. The first kappa shape index (κ1) is 19.1. The van der Waals surface area contributed by atoms with Gasteiger partial charge in [0.05, 0.1) is 23.2 Å². The molecular weight excluding hydrogens is 349 g/mol. The zero-order valence-electron chi connectivity index (χ0n) is 13.7. The predicted octanol–water partition coefficient (Wildman–Crippen LogP) is 3.23. The molecule has 2 N–H and O–H groups in total. The standard InChI is InChI=1S/C17H15F3N4O2/c1-11(23-24-16(26)12-5-4-8-21-10-12)9-15(25)22-14-7-3-2-6-13(14)17(18,19)20/h2-8,10H,9H2,1H3,(H,22,25)(H,24,26)/b23-11-. The Morgan fingerprint density at radius 2 is 1.88 bits per heavy atom. The summed E-state index contributed by atoms with van der Waals surface area (Å²) in [5, 5.41) is 5.96. The maximum absolute atomic E-state index is 12.9. The van der Waals surface area contributed by atoms with E-state index in [-0.39, 0.29) is 23.4 Å². The smallest absolute Gasteiger partial charge is 0.325 e. The molecular formula is C17H15F3N4O2. The van der Waals surface area contributed by atoms with Crippen molar-refractivity contribution < 1.29 is 22.8 Å². The van der Waals surface area contributed by atoms with Crippen molar-refractivity contribution in [3.05, 3.63) is 59.9 Å². The fourth-order valence-corrected chi connectivity index (χ4v) is 2.01. The Labute approximate surface area is 147 Å². The summed E-state index contributed by atoms with van der Waals surface area (Å²) in [6.45, 7) is 1.47. The average molecular weight is 364 g/mol. The Kier molecular flexibility index (Phi) is 6.05. The summed E-state index contributed by atoms with van der Waals surface area (Å²) in [5.41, 5.74) is 1.49. The molecule has 2 aromatic rings. The highest BCUT2D eigenvalue weighted by Crippen LogP contribution is 2.34. The number of halogens is 3. The Bertz CT molecular complexity index is 820. The number of para-hydroxylation sites is 1. The molecule has 6 nitrogen and oxygen atoms in total. The number of hydrogen-bond donors (Lipinski definition) is 2. The number of hydrazone groups is 1. The van der Waals surface area contributed by atoms with E-state index in [0.29, 0.717) is 0 Å². The highest BCUT2D eigenvalue weighted by molar-refractivity contribution is 6.06. The van der Waals surface area contributed by atoms with Crippen LogP contribution in [-0.2, 0) is 11.0 Å². The van der Waals surface area contributed by atoms with Crippen LogP contribution in [0.15, 0.2) is 53.9 Å². The van der Waals surface area contributed by atoms with Gasteiger partial charge in [0.1, 0.15) is 0 Å². The zero-order valence-corrected chi connectivity index (χ0v) is 13.7. The maximum atomic E-state index is 12.9. The van der Waals surface area contributed by atoms with Crippen molar-refractivity contribution in [2.75, 3.05) is 5.32 Å². The molecule has 0 saturated heterocycles. The summed E-state index contributed by atoms with van der Waals surface area (Å²) < 4.78 is 38.7. The number of anilines is 1. The third kappa shape index (κ3) is 5.40. The lowest BCUT2D eigenvalue weighted by molar-refractivity contribution is -0.137. The zero-order chi connectivity index (χ0) is 19.2. The van der Waals surface area contributed by atoms with E-state index in [1.807, 2.05) is 0 Å². The number of rotatable bonds is 5. The molecule has 0 saturated carbocycles. The van der Waals surface area contributed by atoms with Crippen molar-refractivity contribution in [3.63, 3.8) is 0 Å². The lowest BCUT2D eigenvalue weighted by Gasteiger charge is -2.13. The van der Waals surface area contributed by atoms with Crippen LogP contribution in [0.25, 0.3) is 0 Å². The van der Waals surface area contributed by atoms with Crippen LogP contribution in [-0.4, -0.2) is 22.5 Å². The summed E-state index contributed by atoms with van der Waals surface area (Å²) in [4.78, 5) is 27.5. The number of carbonyl (C=O) groups excluding carboxylic acids is 2. The monoisotopic (exact) mass is 364 g/mol. The number of nitrogens with one attached hydrogen (secondary N) is 2. The van der Waals surface area contributed by atoms with Crippen LogP contribution < -0.4 is 10.7 Å². The molecule has 0 aliphatic carbocycles. The van der Waals surface area contributed by atoms with Gasteiger partial charge in [-0.05, 0) is 31.2 Å². The molecule has 2 rings (SSSR count). The van der Waals surface area contributed by atoms with Crippen molar-refractivity contribution >= 4 is 23.2 Å². The van der Waals surface area contributed by atoms with Gasteiger partial charge in [0, 0.05) is 18.1 Å². The van der Waals surface area contributed by atoms with E-state index in [4.69, 9.17) is 0 Å². The summed E-state index contributed by atoms with van der Waals surface area (Å²) in [6, 6.07) is 7.78. The number of aromatic nitrogens is 1. The third-order valence-corrected chi connectivity index (χ3v) is 3.19. The predicted molar refractivity (Wildman–Crippen MR) is 89.5 cm³/mol. The Balaban J connectivity index is 1.97. The van der Waals surface area contributed by atoms with Gasteiger partial charge in [0.15, 0.2) is 0 Å². The Morgan fingerprint density at radius 3 is 2.54 bits per heavy atom. The number of nitrogens with zero attached hydrogens (tertiary/aromatic N) is 2. The second-order valence-electron chi connectivity index (χ2n) is 5.30. The first-order valence-electron chi connectivity index (χ1n) is 7.47. The molecule has 0 aliphatic rings. The summed E-state index contributed by atoms with van der Waals surface area (Å²) in [7, 11) is 0. The van der Waals surface area contributed by atoms with Crippen LogP contribution >= 0.6 is 0 Å². The molecule has 136 valence electrons. The molecule has 0 fully saturated rings. The van der Waals surface area contributed by atoms with Crippen molar-refractivity contribution in [3.8, 4) is 0 Å². The minimum Gasteiger partial charge on any atom is -0.325 e.